The molecule has 5 nitrogen and oxygen atoms in total. The van der Waals surface area contributed by atoms with E-state index in [0.29, 0.717) is 17.2 Å². The van der Waals surface area contributed by atoms with Gasteiger partial charge in [0.2, 0.25) is 0 Å². The second-order valence-corrected chi connectivity index (χ2v) is 5.67. The van der Waals surface area contributed by atoms with Crippen LogP contribution in [0.15, 0.2) is 24.3 Å². The van der Waals surface area contributed by atoms with Crippen molar-refractivity contribution in [2.45, 2.75) is 12.5 Å². The van der Waals surface area contributed by atoms with E-state index >= 15 is 0 Å². The molecular weight excluding hydrogens is 264 g/mol. The predicted octanol–water partition coefficient (Wildman–Crippen LogP) is 0.678. The number of nitriles is 1. The first-order chi connectivity index (χ1) is 10.3. The van der Waals surface area contributed by atoms with Gasteiger partial charge in [-0.2, -0.15) is 5.26 Å². The van der Waals surface area contributed by atoms with Gasteiger partial charge in [0.25, 0.3) is 5.91 Å². The molecule has 1 atom stereocenters. The maximum atomic E-state index is 12.5. The number of carbonyl (C=O) groups excluding carboxylic acids is 1. The fourth-order valence-electron chi connectivity index (χ4n) is 3.14. The molecule has 21 heavy (non-hydrogen) atoms. The van der Waals surface area contributed by atoms with Crippen molar-refractivity contribution in [3.05, 3.63) is 35.4 Å². The summed E-state index contributed by atoms with van der Waals surface area (Å²) in [5, 5.41) is 12.2. The van der Waals surface area contributed by atoms with Crippen molar-refractivity contribution < 1.29 is 4.79 Å². The molecule has 5 heteroatoms. The van der Waals surface area contributed by atoms with Gasteiger partial charge in [0.1, 0.15) is 0 Å². The largest absolute Gasteiger partial charge is 0.337 e. The Labute approximate surface area is 125 Å². The maximum absolute atomic E-state index is 12.5. The van der Waals surface area contributed by atoms with Crippen LogP contribution in [0.3, 0.4) is 0 Å². The molecule has 0 aromatic heterocycles. The molecule has 1 unspecified atom stereocenters. The molecular formula is C16H20N4O. The lowest BCUT2D eigenvalue weighted by molar-refractivity contribution is 0.0773. The van der Waals surface area contributed by atoms with E-state index in [1.54, 1.807) is 24.3 Å². The maximum Gasteiger partial charge on any atom is 0.253 e. The molecule has 0 aliphatic carbocycles. The Morgan fingerprint density at radius 1 is 1.19 bits per heavy atom. The molecule has 0 radical (unpaired) electrons. The third-order valence-electron chi connectivity index (χ3n) is 4.38. The average molecular weight is 284 g/mol. The predicted molar refractivity (Wildman–Crippen MR) is 79.9 cm³/mol. The second-order valence-electron chi connectivity index (χ2n) is 5.67. The van der Waals surface area contributed by atoms with E-state index in [4.69, 9.17) is 5.26 Å². The summed E-state index contributed by atoms with van der Waals surface area (Å²) in [5.74, 6) is 0.0807. The highest BCUT2D eigenvalue weighted by atomic mass is 16.2. The number of rotatable bonds is 2. The lowest BCUT2D eigenvalue weighted by atomic mass is 10.1. The van der Waals surface area contributed by atoms with Crippen LogP contribution in [-0.4, -0.2) is 61.0 Å². The number of benzene rings is 1. The van der Waals surface area contributed by atoms with E-state index in [1.165, 1.54) is 0 Å². The Morgan fingerprint density at radius 2 is 1.90 bits per heavy atom. The molecule has 2 fully saturated rings. The average Bonchev–Trinajstić information content (AvgIpc) is 3.05. The van der Waals surface area contributed by atoms with E-state index in [1.807, 2.05) is 4.90 Å². The van der Waals surface area contributed by atoms with E-state index in [9.17, 15) is 4.79 Å². The SMILES string of the molecule is N#Cc1ccc(C(=O)N2CCC(N3CCNCC3)C2)cc1. The van der Waals surface area contributed by atoms with Crippen LogP contribution in [0.1, 0.15) is 22.3 Å². The molecule has 0 saturated carbocycles. The van der Waals surface area contributed by atoms with Crippen LogP contribution < -0.4 is 5.32 Å². The molecule has 0 bridgehead atoms. The number of amides is 1. The lowest BCUT2D eigenvalue weighted by Crippen LogP contribution is -2.49. The van der Waals surface area contributed by atoms with Crippen LogP contribution in [-0.2, 0) is 0 Å². The van der Waals surface area contributed by atoms with Gasteiger partial charge in [-0.05, 0) is 30.7 Å². The number of piperazine rings is 1. The first-order valence-electron chi connectivity index (χ1n) is 7.52. The highest BCUT2D eigenvalue weighted by Gasteiger charge is 2.31. The van der Waals surface area contributed by atoms with Gasteiger partial charge in [-0.25, -0.2) is 0 Å². The molecule has 1 N–H and O–H groups in total. The number of hydrogen-bond donors (Lipinski definition) is 1. The smallest absolute Gasteiger partial charge is 0.253 e. The quantitative estimate of drug-likeness (QED) is 0.867. The number of hydrogen-bond acceptors (Lipinski definition) is 4. The normalized spacial score (nSPS) is 23.0. The van der Waals surface area contributed by atoms with E-state index in [-0.39, 0.29) is 5.91 Å². The summed E-state index contributed by atoms with van der Waals surface area (Å²) in [5.41, 5.74) is 1.27. The number of nitrogens with one attached hydrogen (secondary N) is 1. The van der Waals surface area contributed by atoms with Gasteiger partial charge >= 0.3 is 0 Å². The summed E-state index contributed by atoms with van der Waals surface area (Å²) in [6.07, 6.45) is 1.06. The fraction of sp³-hybridized carbons (Fsp3) is 0.500. The standard InChI is InChI=1S/C16H20N4O/c17-11-13-1-3-14(4-2-13)16(21)20-8-5-15(12-20)19-9-6-18-7-10-19/h1-4,15,18H,5-10,12H2. The van der Waals surface area contributed by atoms with Gasteiger partial charge in [0, 0.05) is 50.9 Å². The monoisotopic (exact) mass is 284 g/mol. The molecule has 0 spiro atoms. The van der Waals surface area contributed by atoms with Gasteiger partial charge < -0.3 is 10.2 Å². The van der Waals surface area contributed by atoms with Crippen LogP contribution in [0.2, 0.25) is 0 Å². The summed E-state index contributed by atoms with van der Waals surface area (Å²) < 4.78 is 0. The molecule has 110 valence electrons. The fourth-order valence-corrected chi connectivity index (χ4v) is 3.14. The van der Waals surface area contributed by atoms with E-state index < -0.39 is 0 Å². The molecule has 1 aromatic carbocycles. The highest BCUT2D eigenvalue weighted by Crippen LogP contribution is 2.18. The first-order valence-corrected chi connectivity index (χ1v) is 7.52. The van der Waals surface area contributed by atoms with Gasteiger partial charge in [-0.15, -0.1) is 0 Å². The zero-order chi connectivity index (χ0) is 14.7. The van der Waals surface area contributed by atoms with Gasteiger partial charge in [-0.1, -0.05) is 0 Å². The van der Waals surface area contributed by atoms with Crippen molar-refractivity contribution in [2.24, 2.45) is 0 Å². The Hall–Kier alpha value is -1.90. The van der Waals surface area contributed by atoms with Gasteiger partial charge in [0.05, 0.1) is 11.6 Å². The number of carbonyl (C=O) groups is 1. The summed E-state index contributed by atoms with van der Waals surface area (Å²) in [6.45, 7) is 5.87. The van der Waals surface area contributed by atoms with E-state index in [0.717, 1.165) is 45.7 Å². The minimum atomic E-state index is 0.0807. The highest BCUT2D eigenvalue weighted by molar-refractivity contribution is 5.94. The van der Waals surface area contributed by atoms with Crippen molar-refractivity contribution in [3.8, 4) is 6.07 Å². The number of likely N-dealkylation sites (tertiary alicyclic amines) is 1. The molecule has 3 rings (SSSR count). The van der Waals surface area contributed by atoms with Crippen LogP contribution in [0, 0.1) is 11.3 Å². The van der Waals surface area contributed by atoms with Crippen LogP contribution >= 0.6 is 0 Å². The topological polar surface area (TPSA) is 59.4 Å². The van der Waals surface area contributed by atoms with Gasteiger partial charge in [0.15, 0.2) is 0 Å². The van der Waals surface area contributed by atoms with Crippen LogP contribution in [0.5, 0.6) is 0 Å². The third-order valence-corrected chi connectivity index (χ3v) is 4.38. The Morgan fingerprint density at radius 3 is 2.57 bits per heavy atom. The minimum Gasteiger partial charge on any atom is -0.337 e. The van der Waals surface area contributed by atoms with Crippen molar-refractivity contribution >= 4 is 5.91 Å². The van der Waals surface area contributed by atoms with Crippen molar-refractivity contribution in [1.29, 1.82) is 5.26 Å². The van der Waals surface area contributed by atoms with Crippen LogP contribution in [0.25, 0.3) is 0 Å². The first kappa shape index (κ1) is 14.1. The summed E-state index contributed by atoms with van der Waals surface area (Å²) in [6, 6.07) is 9.48. The molecule has 2 heterocycles. The lowest BCUT2D eigenvalue weighted by Gasteiger charge is -2.32. The van der Waals surface area contributed by atoms with Crippen LogP contribution in [0.4, 0.5) is 0 Å². The Bertz CT molecular complexity index is 542. The zero-order valence-electron chi connectivity index (χ0n) is 12.1. The third kappa shape index (κ3) is 3.07. The van der Waals surface area contributed by atoms with Crippen molar-refractivity contribution in [3.63, 3.8) is 0 Å². The molecule has 1 aromatic rings. The molecule has 2 aliphatic rings. The molecule has 2 aliphatic heterocycles. The molecule has 2 saturated heterocycles. The minimum absolute atomic E-state index is 0.0807. The Kier molecular flexibility index (Phi) is 4.18. The zero-order valence-corrected chi connectivity index (χ0v) is 12.1. The van der Waals surface area contributed by atoms with E-state index in [2.05, 4.69) is 16.3 Å². The molecule has 1 amide bonds. The second kappa shape index (κ2) is 6.25. The summed E-state index contributed by atoms with van der Waals surface area (Å²) in [7, 11) is 0. The van der Waals surface area contributed by atoms with Crippen molar-refractivity contribution in [1.82, 2.24) is 15.1 Å². The van der Waals surface area contributed by atoms with Crippen molar-refractivity contribution in [2.75, 3.05) is 39.3 Å². The Balaban J connectivity index is 1.62. The summed E-state index contributed by atoms with van der Waals surface area (Å²) >= 11 is 0. The number of nitrogens with zero attached hydrogens (tertiary/aromatic N) is 3. The summed E-state index contributed by atoms with van der Waals surface area (Å²) in [4.78, 5) is 16.9. The van der Waals surface area contributed by atoms with Gasteiger partial charge in [-0.3, -0.25) is 9.69 Å².